The summed E-state index contributed by atoms with van der Waals surface area (Å²) < 4.78 is 40.8. The Balaban J connectivity index is 1.65. The van der Waals surface area contributed by atoms with Crippen LogP contribution in [0.15, 0.2) is 60.9 Å². The van der Waals surface area contributed by atoms with E-state index in [9.17, 15) is 12.8 Å². The molecule has 0 bridgehead atoms. The molecule has 0 unspecified atom stereocenters. The van der Waals surface area contributed by atoms with E-state index in [2.05, 4.69) is 25.1 Å². The van der Waals surface area contributed by atoms with Gasteiger partial charge in [-0.1, -0.05) is 24.3 Å². The molecule has 0 aliphatic carbocycles. The Morgan fingerprint density at radius 3 is 2.62 bits per heavy atom. The summed E-state index contributed by atoms with van der Waals surface area (Å²) in [5.41, 5.74) is 2.65. The largest absolute Gasteiger partial charge is 0.340 e. The van der Waals surface area contributed by atoms with E-state index in [1.54, 1.807) is 42.5 Å². The van der Waals surface area contributed by atoms with E-state index in [-0.39, 0.29) is 11.6 Å². The first-order valence-corrected chi connectivity index (χ1v) is 10.3. The van der Waals surface area contributed by atoms with Gasteiger partial charge in [0.05, 0.1) is 11.4 Å². The zero-order valence-electron chi connectivity index (χ0n) is 15.4. The molecule has 0 atom stereocenters. The molecule has 0 fully saturated rings. The van der Waals surface area contributed by atoms with Gasteiger partial charge in [-0.3, -0.25) is 0 Å². The number of hydrogen-bond acceptors (Lipinski definition) is 6. The summed E-state index contributed by atoms with van der Waals surface area (Å²) in [5.74, 6) is 0.415. The van der Waals surface area contributed by atoms with Gasteiger partial charge in [-0.25, -0.2) is 17.5 Å². The number of benzene rings is 2. The quantitative estimate of drug-likeness (QED) is 0.505. The van der Waals surface area contributed by atoms with Gasteiger partial charge in [0.15, 0.2) is 0 Å². The summed E-state index contributed by atoms with van der Waals surface area (Å²) in [6.45, 7) is 0. The summed E-state index contributed by atoms with van der Waals surface area (Å²) in [7, 11) is -1.95. The van der Waals surface area contributed by atoms with Crippen molar-refractivity contribution in [1.29, 1.82) is 0 Å². The predicted molar refractivity (Wildman–Crippen MR) is 108 cm³/mol. The van der Waals surface area contributed by atoms with Gasteiger partial charge >= 0.3 is 0 Å². The Labute approximate surface area is 166 Å². The molecule has 148 valence electrons. The van der Waals surface area contributed by atoms with Crippen LogP contribution in [-0.4, -0.2) is 35.0 Å². The van der Waals surface area contributed by atoms with Gasteiger partial charge in [0.2, 0.25) is 10.0 Å². The molecule has 2 heterocycles. The van der Waals surface area contributed by atoms with Gasteiger partial charge in [0.25, 0.3) is 5.78 Å². The smallest absolute Gasteiger partial charge is 0.254 e. The first-order chi connectivity index (χ1) is 13.9. The number of sulfonamides is 1. The molecule has 4 rings (SSSR count). The van der Waals surface area contributed by atoms with Crippen molar-refractivity contribution in [2.75, 3.05) is 12.4 Å². The van der Waals surface area contributed by atoms with E-state index >= 15 is 0 Å². The first kappa shape index (κ1) is 19.0. The van der Waals surface area contributed by atoms with Crippen molar-refractivity contribution in [2.45, 2.75) is 5.75 Å². The molecule has 4 aromatic rings. The molecule has 2 aromatic carbocycles. The summed E-state index contributed by atoms with van der Waals surface area (Å²) in [5, 5.41) is 7.32. The molecular formula is C19H17FN6O2S. The minimum Gasteiger partial charge on any atom is -0.340 e. The number of nitrogens with zero attached hydrogens (tertiary/aromatic N) is 4. The fourth-order valence-electron chi connectivity index (χ4n) is 2.85. The van der Waals surface area contributed by atoms with Gasteiger partial charge in [-0.15, -0.1) is 0 Å². The fourth-order valence-corrected chi connectivity index (χ4v) is 3.63. The highest BCUT2D eigenvalue weighted by Crippen LogP contribution is 2.25. The third-order valence-electron chi connectivity index (χ3n) is 4.27. The highest BCUT2D eigenvalue weighted by molar-refractivity contribution is 7.88. The Bertz CT molecular complexity index is 1270. The summed E-state index contributed by atoms with van der Waals surface area (Å²) in [4.78, 5) is 8.54. The number of hydrogen-bond donors (Lipinski definition) is 2. The Hall–Kier alpha value is -3.37. The highest BCUT2D eigenvalue weighted by Gasteiger charge is 2.12. The number of rotatable bonds is 6. The summed E-state index contributed by atoms with van der Waals surface area (Å²) >= 11 is 0. The number of halogens is 1. The molecule has 0 spiro atoms. The fraction of sp³-hybridized carbons (Fsp3) is 0.105. The van der Waals surface area contributed by atoms with Crippen LogP contribution in [0.4, 0.5) is 15.9 Å². The number of anilines is 2. The van der Waals surface area contributed by atoms with Crippen LogP contribution in [0.5, 0.6) is 0 Å². The normalized spacial score (nSPS) is 11.7. The lowest BCUT2D eigenvalue weighted by Crippen LogP contribution is -2.20. The van der Waals surface area contributed by atoms with Crippen molar-refractivity contribution in [3.63, 3.8) is 0 Å². The van der Waals surface area contributed by atoms with Crippen molar-refractivity contribution in [3.05, 3.63) is 72.3 Å². The molecule has 0 saturated carbocycles. The van der Waals surface area contributed by atoms with Crippen LogP contribution in [0.1, 0.15) is 5.56 Å². The molecule has 2 N–H and O–H groups in total. The van der Waals surface area contributed by atoms with Crippen LogP contribution in [0.3, 0.4) is 0 Å². The molecule has 0 radical (unpaired) electrons. The lowest BCUT2D eigenvalue weighted by molar-refractivity contribution is 0.587. The first-order valence-electron chi connectivity index (χ1n) is 8.67. The molecule has 8 nitrogen and oxygen atoms in total. The predicted octanol–water partition coefficient (Wildman–Crippen LogP) is 2.72. The van der Waals surface area contributed by atoms with Crippen LogP contribution in [-0.2, 0) is 15.8 Å². The van der Waals surface area contributed by atoms with E-state index < -0.39 is 10.0 Å². The molecule has 0 aliphatic rings. The van der Waals surface area contributed by atoms with Crippen LogP contribution >= 0.6 is 0 Å². The summed E-state index contributed by atoms with van der Waals surface area (Å²) in [6, 6.07) is 14.9. The molecule has 29 heavy (non-hydrogen) atoms. The van der Waals surface area contributed by atoms with E-state index in [4.69, 9.17) is 0 Å². The molecule has 0 aliphatic heterocycles. The van der Waals surface area contributed by atoms with E-state index in [0.717, 1.165) is 5.69 Å². The van der Waals surface area contributed by atoms with Gasteiger partial charge in [0.1, 0.15) is 18.0 Å². The molecule has 0 saturated heterocycles. The summed E-state index contributed by atoms with van der Waals surface area (Å²) in [6.07, 6.45) is 1.38. The Kier molecular flexibility index (Phi) is 4.95. The van der Waals surface area contributed by atoms with Crippen LogP contribution in [0.25, 0.3) is 17.0 Å². The van der Waals surface area contributed by atoms with E-state index in [0.29, 0.717) is 28.4 Å². The SMILES string of the molecule is CNS(=O)(=O)Cc1ccc(Nc2cc(-c3cccc(F)c3)n3ncnc3n2)cc1. The lowest BCUT2D eigenvalue weighted by Gasteiger charge is -2.10. The third-order valence-corrected chi connectivity index (χ3v) is 5.60. The zero-order valence-corrected chi connectivity index (χ0v) is 16.2. The zero-order chi connectivity index (χ0) is 20.4. The van der Waals surface area contributed by atoms with Crippen LogP contribution in [0, 0.1) is 5.82 Å². The number of fused-ring (bicyclic) bond motifs is 1. The standard InChI is InChI=1S/C19H17FN6O2S/c1-21-29(27,28)11-13-5-7-16(8-6-13)24-18-10-17(14-3-2-4-15(20)9-14)26-19(25-18)22-12-23-26/h2-10,12,21H,11H2,1H3,(H,22,23,24,25). The second kappa shape index (κ2) is 7.57. The Morgan fingerprint density at radius 2 is 1.90 bits per heavy atom. The number of aromatic nitrogens is 4. The van der Waals surface area contributed by atoms with Crippen molar-refractivity contribution in [2.24, 2.45) is 0 Å². The second-order valence-electron chi connectivity index (χ2n) is 6.29. The third kappa shape index (κ3) is 4.23. The molecule has 10 heteroatoms. The maximum Gasteiger partial charge on any atom is 0.254 e. The lowest BCUT2D eigenvalue weighted by atomic mass is 10.1. The minimum atomic E-state index is -3.33. The van der Waals surface area contributed by atoms with Crippen molar-refractivity contribution in [3.8, 4) is 11.3 Å². The maximum absolute atomic E-state index is 13.7. The van der Waals surface area contributed by atoms with Gasteiger partial charge in [0, 0.05) is 17.3 Å². The highest BCUT2D eigenvalue weighted by atomic mass is 32.2. The second-order valence-corrected chi connectivity index (χ2v) is 8.22. The maximum atomic E-state index is 13.7. The van der Waals surface area contributed by atoms with E-state index in [1.807, 2.05) is 0 Å². The average molecular weight is 412 g/mol. The van der Waals surface area contributed by atoms with Gasteiger partial charge in [-0.05, 0) is 36.9 Å². The van der Waals surface area contributed by atoms with Crippen molar-refractivity contribution < 1.29 is 12.8 Å². The Morgan fingerprint density at radius 1 is 1.10 bits per heavy atom. The average Bonchev–Trinajstić information content (AvgIpc) is 3.17. The van der Waals surface area contributed by atoms with Crippen molar-refractivity contribution in [1.82, 2.24) is 24.3 Å². The molecular weight excluding hydrogens is 395 g/mol. The molecule has 2 aromatic heterocycles. The van der Waals surface area contributed by atoms with E-state index in [1.165, 1.54) is 30.0 Å². The van der Waals surface area contributed by atoms with Crippen LogP contribution < -0.4 is 10.0 Å². The van der Waals surface area contributed by atoms with Crippen LogP contribution in [0.2, 0.25) is 0 Å². The topological polar surface area (TPSA) is 101 Å². The monoisotopic (exact) mass is 412 g/mol. The molecule has 0 amide bonds. The number of nitrogens with one attached hydrogen (secondary N) is 2. The minimum absolute atomic E-state index is 0.0997. The van der Waals surface area contributed by atoms with Gasteiger partial charge in [-0.2, -0.15) is 19.6 Å². The van der Waals surface area contributed by atoms with Gasteiger partial charge < -0.3 is 5.32 Å². The van der Waals surface area contributed by atoms with Crippen molar-refractivity contribution >= 4 is 27.3 Å².